The largest absolute Gasteiger partial charge is 0.295 e. The van der Waals surface area contributed by atoms with Crippen LogP contribution in [0.15, 0.2) is 64.4 Å². The second-order valence-corrected chi connectivity index (χ2v) is 9.87. The second-order valence-electron chi connectivity index (χ2n) is 8.62. The number of nitrogens with one attached hydrogen (secondary N) is 1. The number of carbonyl (C=O) groups is 2. The van der Waals surface area contributed by atoms with Gasteiger partial charge in [-0.05, 0) is 61.4 Å². The molecule has 1 N–H and O–H groups in total. The van der Waals surface area contributed by atoms with Crippen LogP contribution in [0.4, 0.5) is 5.69 Å². The zero-order valence-electron chi connectivity index (χ0n) is 19.7. The zero-order chi connectivity index (χ0) is 26.4. The molecule has 37 heavy (non-hydrogen) atoms. The summed E-state index contributed by atoms with van der Waals surface area (Å²) in [6.45, 7) is 3.75. The van der Waals surface area contributed by atoms with Crippen LogP contribution in [-0.4, -0.2) is 32.7 Å². The molecule has 4 aromatic rings. The van der Waals surface area contributed by atoms with Crippen LogP contribution in [0, 0.1) is 13.8 Å². The van der Waals surface area contributed by atoms with E-state index in [9.17, 15) is 14.4 Å². The molecule has 1 aromatic heterocycles. The summed E-state index contributed by atoms with van der Waals surface area (Å²) in [6.07, 6.45) is 1.46. The van der Waals surface area contributed by atoms with Crippen LogP contribution < -0.4 is 5.56 Å². The highest BCUT2D eigenvalue weighted by atomic mass is 35.5. The summed E-state index contributed by atoms with van der Waals surface area (Å²) in [5, 5.41) is 3.77. The van der Waals surface area contributed by atoms with Crippen molar-refractivity contribution in [2.75, 3.05) is 0 Å². The number of aromatic amines is 1. The van der Waals surface area contributed by atoms with Crippen LogP contribution in [0.5, 0.6) is 0 Å². The molecule has 0 spiro atoms. The predicted molar refractivity (Wildman–Crippen MR) is 145 cm³/mol. The monoisotopic (exact) mass is 552 g/mol. The fourth-order valence-electron chi connectivity index (χ4n) is 4.22. The van der Waals surface area contributed by atoms with E-state index in [4.69, 9.17) is 34.8 Å². The number of aryl methyl sites for hydroxylation is 2. The molecular formula is C27H19Cl3N4O3. The molecule has 0 atom stereocenters. The smallest absolute Gasteiger partial charge is 0.280 e. The third kappa shape index (κ3) is 4.50. The number of H-pyrrole nitrogens is 1. The first-order valence-electron chi connectivity index (χ1n) is 11.2. The van der Waals surface area contributed by atoms with Gasteiger partial charge in [-0.1, -0.05) is 53.0 Å². The molecule has 0 radical (unpaired) electrons. The van der Waals surface area contributed by atoms with Gasteiger partial charge in [0.2, 0.25) is 0 Å². The molecule has 2 amide bonds. The molecule has 0 bridgehead atoms. The van der Waals surface area contributed by atoms with E-state index < -0.39 is 0 Å². The molecular weight excluding hydrogens is 535 g/mol. The highest BCUT2D eigenvalue weighted by Crippen LogP contribution is 2.31. The summed E-state index contributed by atoms with van der Waals surface area (Å²) in [5.41, 5.74) is 3.84. The van der Waals surface area contributed by atoms with Crippen LogP contribution in [0.3, 0.4) is 0 Å². The van der Waals surface area contributed by atoms with Gasteiger partial charge in [0.1, 0.15) is 5.69 Å². The van der Waals surface area contributed by atoms with Crippen LogP contribution in [-0.2, 0) is 6.54 Å². The van der Waals surface area contributed by atoms with Crippen molar-refractivity contribution in [3.05, 3.63) is 114 Å². The minimum Gasteiger partial charge on any atom is -0.295 e. The van der Waals surface area contributed by atoms with Gasteiger partial charge in [0.05, 0.1) is 39.0 Å². The van der Waals surface area contributed by atoms with Gasteiger partial charge < -0.3 is 0 Å². The van der Waals surface area contributed by atoms with Crippen LogP contribution in [0.2, 0.25) is 15.1 Å². The lowest BCUT2D eigenvalue weighted by atomic mass is 10.1. The molecule has 0 fully saturated rings. The summed E-state index contributed by atoms with van der Waals surface area (Å²) in [4.78, 5) is 44.4. The molecule has 5 rings (SSSR count). The van der Waals surface area contributed by atoms with E-state index in [1.165, 1.54) is 27.9 Å². The first-order valence-corrected chi connectivity index (χ1v) is 12.3. The number of fused-ring (bicyclic) bond motifs is 1. The molecule has 3 aromatic carbocycles. The Balaban J connectivity index is 1.44. The fraction of sp³-hybridized carbons (Fsp3) is 0.111. The average Bonchev–Trinajstić information content (AvgIpc) is 3.26. The highest BCUT2D eigenvalue weighted by Gasteiger charge is 2.35. The molecule has 7 nitrogen and oxygen atoms in total. The zero-order valence-corrected chi connectivity index (χ0v) is 21.9. The number of imide groups is 1. The topological polar surface area (TPSA) is 87.5 Å². The summed E-state index contributed by atoms with van der Waals surface area (Å²) in [5.74, 6) is -0.645. The van der Waals surface area contributed by atoms with Gasteiger partial charge >= 0.3 is 0 Å². The summed E-state index contributed by atoms with van der Waals surface area (Å²) in [7, 11) is 0. The molecule has 1 aliphatic rings. The standard InChI is InChI=1S/C27H19Cl3N4O3/c1-14-7-8-18(9-16(14)13-33-25(35)19-5-3-4-6-20(19)26(33)36)31-12-21-15(2)32-34(27(21)37)24-22(29)10-17(28)11-23(24)30/h3-12,32H,13H2,1-2H3. The van der Waals surface area contributed by atoms with E-state index >= 15 is 0 Å². The lowest BCUT2D eigenvalue weighted by Gasteiger charge is -2.16. The number of carbonyl (C=O) groups excluding carboxylic acids is 2. The number of hydrogen-bond acceptors (Lipinski definition) is 4. The minimum atomic E-state index is -0.384. The van der Waals surface area contributed by atoms with E-state index in [2.05, 4.69) is 10.1 Å². The van der Waals surface area contributed by atoms with Crippen LogP contribution >= 0.6 is 34.8 Å². The lowest BCUT2D eigenvalue weighted by molar-refractivity contribution is 0.0642. The Bertz CT molecular complexity index is 1630. The van der Waals surface area contributed by atoms with Crippen LogP contribution in [0.1, 0.15) is 43.1 Å². The van der Waals surface area contributed by atoms with Gasteiger partial charge in [0.25, 0.3) is 17.4 Å². The minimum absolute atomic E-state index is 0.116. The van der Waals surface area contributed by atoms with E-state index in [0.717, 1.165) is 11.1 Å². The Kier molecular flexibility index (Phi) is 6.54. The Morgan fingerprint density at radius 3 is 2.14 bits per heavy atom. The third-order valence-corrected chi connectivity index (χ3v) is 7.00. The normalized spacial score (nSPS) is 13.2. The van der Waals surface area contributed by atoms with Gasteiger partial charge in [-0.15, -0.1) is 0 Å². The molecule has 0 aliphatic carbocycles. The quantitative estimate of drug-likeness (QED) is 0.233. The van der Waals surface area contributed by atoms with Gasteiger partial charge in [-0.25, -0.2) is 4.68 Å². The summed E-state index contributed by atoms with van der Waals surface area (Å²) >= 11 is 18.6. The number of hydrogen-bond donors (Lipinski definition) is 1. The van der Waals surface area contributed by atoms with Gasteiger partial charge in [-0.3, -0.25) is 29.4 Å². The molecule has 0 saturated heterocycles. The Labute approximate surface area is 226 Å². The maximum absolute atomic E-state index is 13.1. The van der Waals surface area contributed by atoms with Gasteiger partial charge in [-0.2, -0.15) is 0 Å². The number of aromatic nitrogens is 2. The number of benzene rings is 3. The van der Waals surface area contributed by atoms with Crippen molar-refractivity contribution in [2.24, 2.45) is 4.99 Å². The Hall–Kier alpha value is -3.65. The summed E-state index contributed by atoms with van der Waals surface area (Å²) < 4.78 is 1.25. The SMILES string of the molecule is Cc1ccc(N=Cc2c(C)[nH]n(-c3c(Cl)cc(Cl)cc3Cl)c2=O)cc1CN1C(=O)c2ccccc2C1=O. The number of nitrogens with zero attached hydrogens (tertiary/aromatic N) is 3. The van der Waals surface area contributed by atoms with E-state index in [1.54, 1.807) is 43.3 Å². The maximum atomic E-state index is 13.1. The first kappa shape index (κ1) is 25.0. The molecule has 0 saturated carbocycles. The van der Waals surface area contributed by atoms with Crippen molar-refractivity contribution < 1.29 is 9.59 Å². The highest BCUT2D eigenvalue weighted by molar-refractivity contribution is 6.40. The molecule has 10 heteroatoms. The fourth-order valence-corrected chi connectivity index (χ4v) is 5.20. The van der Waals surface area contributed by atoms with E-state index in [-0.39, 0.29) is 34.0 Å². The van der Waals surface area contributed by atoms with Crippen molar-refractivity contribution >= 4 is 58.5 Å². The molecule has 2 heterocycles. The van der Waals surface area contributed by atoms with Crippen LogP contribution in [0.25, 0.3) is 5.69 Å². The van der Waals surface area contributed by atoms with Crippen molar-refractivity contribution in [3.8, 4) is 5.69 Å². The summed E-state index contributed by atoms with van der Waals surface area (Å²) in [6, 6.07) is 15.2. The first-order chi connectivity index (χ1) is 17.7. The van der Waals surface area contributed by atoms with Crippen molar-refractivity contribution in [1.82, 2.24) is 14.7 Å². The number of amides is 2. The van der Waals surface area contributed by atoms with Crippen molar-refractivity contribution in [2.45, 2.75) is 20.4 Å². The van der Waals surface area contributed by atoms with Crippen molar-refractivity contribution in [1.29, 1.82) is 0 Å². The molecule has 186 valence electrons. The number of halogens is 3. The second kappa shape index (κ2) is 9.67. The average molecular weight is 554 g/mol. The van der Waals surface area contributed by atoms with E-state index in [1.807, 2.05) is 13.0 Å². The third-order valence-electron chi connectivity index (χ3n) is 6.20. The predicted octanol–water partition coefficient (Wildman–Crippen LogP) is 6.29. The van der Waals surface area contributed by atoms with Gasteiger partial charge in [0.15, 0.2) is 0 Å². The molecule has 1 aliphatic heterocycles. The van der Waals surface area contributed by atoms with Crippen molar-refractivity contribution in [3.63, 3.8) is 0 Å². The molecule has 0 unspecified atom stereocenters. The van der Waals surface area contributed by atoms with E-state index in [0.29, 0.717) is 38.8 Å². The Morgan fingerprint density at radius 2 is 1.51 bits per heavy atom. The number of rotatable bonds is 5. The number of aliphatic imine (C=N–C) groups is 1. The maximum Gasteiger partial charge on any atom is 0.280 e. The van der Waals surface area contributed by atoms with Gasteiger partial charge in [0, 0.05) is 16.9 Å². The lowest BCUT2D eigenvalue weighted by Crippen LogP contribution is -2.29. The Morgan fingerprint density at radius 1 is 0.892 bits per heavy atom.